The summed E-state index contributed by atoms with van der Waals surface area (Å²) >= 11 is 4.44. The number of aliphatic hydroxyl groups is 1. The van der Waals surface area contributed by atoms with E-state index in [0.717, 1.165) is 16.9 Å². The fourth-order valence-corrected chi connectivity index (χ4v) is 5.48. The quantitative estimate of drug-likeness (QED) is 0.212. The molecular formula is C24H20BrN5O5S. The van der Waals surface area contributed by atoms with Gasteiger partial charge in [0.2, 0.25) is 5.13 Å². The third kappa shape index (κ3) is 3.56. The number of phenols is 1. The van der Waals surface area contributed by atoms with Gasteiger partial charge < -0.3 is 19.4 Å². The standard InChI is InChI=1S/C24H20BrN5O5S/c1-10-6-5-7-29-11(2)17(26-22(10)29)20(32)16-18(13-8-14(25)19(31)15(9-13)35-4)30(23(34)21(16)33)24-28-27-12(3)36-24/h5-9,18,31-32H,1-4H3. The molecule has 36 heavy (non-hydrogen) atoms. The first kappa shape index (κ1) is 23.9. The van der Waals surface area contributed by atoms with Crippen molar-refractivity contribution in [2.45, 2.75) is 26.8 Å². The number of aliphatic hydroxyl groups excluding tert-OH is 1. The lowest BCUT2D eigenvalue weighted by molar-refractivity contribution is -0.132. The lowest BCUT2D eigenvalue weighted by atomic mass is 9.96. The normalized spacial score (nSPS) is 17.4. The number of anilines is 1. The van der Waals surface area contributed by atoms with Crippen molar-refractivity contribution in [2.75, 3.05) is 12.0 Å². The van der Waals surface area contributed by atoms with Crippen molar-refractivity contribution in [3.05, 3.63) is 68.0 Å². The third-order valence-corrected chi connectivity index (χ3v) is 7.50. The van der Waals surface area contributed by atoms with Crippen LogP contribution in [-0.2, 0) is 9.59 Å². The number of imidazole rings is 1. The maximum Gasteiger partial charge on any atom is 0.301 e. The number of amides is 1. The summed E-state index contributed by atoms with van der Waals surface area (Å²) in [6.45, 7) is 5.39. The molecule has 4 aromatic rings. The molecule has 0 radical (unpaired) electrons. The minimum atomic E-state index is -1.08. The summed E-state index contributed by atoms with van der Waals surface area (Å²) in [4.78, 5) is 32.5. The van der Waals surface area contributed by atoms with Crippen LogP contribution in [-0.4, -0.2) is 48.6 Å². The summed E-state index contributed by atoms with van der Waals surface area (Å²) in [5.41, 5.74) is 2.54. The van der Waals surface area contributed by atoms with Crippen LogP contribution in [0.1, 0.15) is 33.6 Å². The molecule has 1 fully saturated rings. The molecule has 4 heterocycles. The maximum absolute atomic E-state index is 13.4. The van der Waals surface area contributed by atoms with Gasteiger partial charge in [0, 0.05) is 6.20 Å². The monoisotopic (exact) mass is 569 g/mol. The van der Waals surface area contributed by atoms with Crippen molar-refractivity contribution in [1.29, 1.82) is 0 Å². The molecule has 0 spiro atoms. The molecule has 3 aromatic heterocycles. The molecule has 0 aliphatic carbocycles. The van der Waals surface area contributed by atoms with E-state index in [1.165, 1.54) is 18.1 Å². The molecule has 1 atom stereocenters. The maximum atomic E-state index is 13.4. The number of ketones is 1. The molecule has 1 aromatic carbocycles. The third-order valence-electron chi connectivity index (χ3n) is 6.06. The SMILES string of the molecule is COc1cc(C2C(=C(O)c3nc4c(C)cccn4c3C)C(=O)C(=O)N2c2nnc(C)s2)cc(Br)c1O. The Balaban J connectivity index is 1.80. The molecule has 1 saturated heterocycles. The zero-order valence-electron chi connectivity index (χ0n) is 19.6. The molecule has 5 rings (SSSR count). The van der Waals surface area contributed by atoms with Crippen LogP contribution in [0.5, 0.6) is 11.5 Å². The van der Waals surface area contributed by atoms with E-state index in [1.807, 2.05) is 29.7 Å². The van der Waals surface area contributed by atoms with Crippen LogP contribution >= 0.6 is 27.3 Å². The van der Waals surface area contributed by atoms with E-state index in [2.05, 4.69) is 31.1 Å². The van der Waals surface area contributed by atoms with E-state index >= 15 is 0 Å². The number of aryl methyl sites for hydroxylation is 3. The molecule has 1 aliphatic rings. The van der Waals surface area contributed by atoms with Gasteiger partial charge in [0.1, 0.15) is 16.3 Å². The van der Waals surface area contributed by atoms with Crippen LogP contribution in [0.25, 0.3) is 11.4 Å². The number of halogens is 1. The number of hydrogen-bond acceptors (Lipinski definition) is 9. The lowest BCUT2D eigenvalue weighted by Crippen LogP contribution is -2.29. The highest BCUT2D eigenvalue weighted by molar-refractivity contribution is 9.10. The van der Waals surface area contributed by atoms with Crippen molar-refractivity contribution in [1.82, 2.24) is 19.6 Å². The van der Waals surface area contributed by atoms with Crippen molar-refractivity contribution in [3.8, 4) is 11.5 Å². The van der Waals surface area contributed by atoms with E-state index in [1.54, 1.807) is 19.9 Å². The molecule has 2 N–H and O–H groups in total. The van der Waals surface area contributed by atoms with Crippen LogP contribution in [0.4, 0.5) is 5.13 Å². The number of nitrogens with zero attached hydrogens (tertiary/aromatic N) is 5. The predicted octanol–water partition coefficient (Wildman–Crippen LogP) is 4.21. The molecule has 1 aliphatic heterocycles. The number of carbonyl (C=O) groups is 2. The van der Waals surface area contributed by atoms with Gasteiger partial charge in [-0.2, -0.15) is 0 Å². The molecule has 0 saturated carbocycles. The van der Waals surface area contributed by atoms with Gasteiger partial charge in [0.25, 0.3) is 5.78 Å². The van der Waals surface area contributed by atoms with E-state index in [4.69, 9.17) is 4.74 Å². The smallest absolute Gasteiger partial charge is 0.301 e. The Morgan fingerprint density at radius 3 is 2.58 bits per heavy atom. The van der Waals surface area contributed by atoms with E-state index in [0.29, 0.717) is 21.9 Å². The van der Waals surface area contributed by atoms with Gasteiger partial charge in [-0.3, -0.25) is 14.5 Å². The van der Waals surface area contributed by atoms with E-state index in [-0.39, 0.29) is 32.4 Å². The summed E-state index contributed by atoms with van der Waals surface area (Å²) < 4.78 is 7.39. The second-order valence-corrected chi connectivity index (χ2v) is 10.3. The lowest BCUT2D eigenvalue weighted by Gasteiger charge is -2.23. The second kappa shape index (κ2) is 8.71. The van der Waals surface area contributed by atoms with Crippen molar-refractivity contribution in [3.63, 3.8) is 0 Å². The minimum absolute atomic E-state index is 0.123. The van der Waals surface area contributed by atoms with Crippen LogP contribution < -0.4 is 9.64 Å². The average Bonchev–Trinajstić information content (AvgIpc) is 3.50. The van der Waals surface area contributed by atoms with Gasteiger partial charge in [-0.1, -0.05) is 17.4 Å². The van der Waals surface area contributed by atoms with Crippen LogP contribution in [0.3, 0.4) is 0 Å². The Labute approximate surface area is 217 Å². The number of hydrogen-bond donors (Lipinski definition) is 2. The number of rotatable bonds is 4. The van der Waals surface area contributed by atoms with Gasteiger partial charge in [-0.25, -0.2) is 4.98 Å². The molecule has 10 nitrogen and oxygen atoms in total. The van der Waals surface area contributed by atoms with E-state index in [9.17, 15) is 19.8 Å². The number of ether oxygens (including phenoxy) is 1. The van der Waals surface area contributed by atoms with Gasteiger partial charge >= 0.3 is 5.91 Å². The Morgan fingerprint density at radius 2 is 1.94 bits per heavy atom. The summed E-state index contributed by atoms with van der Waals surface area (Å²) in [5.74, 6) is -2.18. The van der Waals surface area contributed by atoms with Crippen LogP contribution in [0.2, 0.25) is 0 Å². The molecule has 1 unspecified atom stereocenters. The van der Waals surface area contributed by atoms with Crippen molar-refractivity contribution in [2.24, 2.45) is 0 Å². The average molecular weight is 570 g/mol. The number of aromatic hydroxyl groups is 1. The Bertz CT molecular complexity index is 1610. The molecule has 0 bridgehead atoms. The molecule has 12 heteroatoms. The fourth-order valence-electron chi connectivity index (χ4n) is 4.31. The number of fused-ring (bicyclic) bond motifs is 1. The van der Waals surface area contributed by atoms with Crippen molar-refractivity contribution < 1.29 is 24.5 Å². The second-order valence-electron chi connectivity index (χ2n) is 8.26. The molecule has 184 valence electrons. The first-order valence-electron chi connectivity index (χ1n) is 10.8. The minimum Gasteiger partial charge on any atom is -0.505 e. The summed E-state index contributed by atoms with van der Waals surface area (Å²) in [7, 11) is 1.39. The van der Waals surface area contributed by atoms with Gasteiger partial charge in [-0.15, -0.1) is 10.2 Å². The number of phenolic OH excluding ortho intramolecular Hbond substituents is 1. The van der Waals surface area contributed by atoms with Crippen molar-refractivity contribution >= 4 is 55.5 Å². The fraction of sp³-hybridized carbons (Fsp3) is 0.208. The molecule has 1 amide bonds. The Hall–Kier alpha value is -3.77. The first-order chi connectivity index (χ1) is 17.1. The van der Waals surface area contributed by atoms with Gasteiger partial charge in [0.15, 0.2) is 17.3 Å². The summed E-state index contributed by atoms with van der Waals surface area (Å²) in [6.07, 6.45) is 1.81. The zero-order valence-corrected chi connectivity index (χ0v) is 22.0. The summed E-state index contributed by atoms with van der Waals surface area (Å²) in [6, 6.07) is 5.74. The Kier molecular flexibility index (Phi) is 5.80. The van der Waals surface area contributed by atoms with E-state index < -0.39 is 23.5 Å². The summed E-state index contributed by atoms with van der Waals surface area (Å²) in [5, 5.41) is 30.7. The number of aromatic nitrogens is 4. The highest BCUT2D eigenvalue weighted by Gasteiger charge is 2.49. The zero-order chi connectivity index (χ0) is 25.9. The van der Waals surface area contributed by atoms with Crippen LogP contribution in [0.15, 0.2) is 40.5 Å². The number of carbonyl (C=O) groups excluding carboxylic acids is 2. The number of Topliss-reactive ketones (excluding diaryl/α,β-unsaturated/α-hetero) is 1. The highest BCUT2D eigenvalue weighted by atomic mass is 79.9. The number of methoxy groups -OCH3 is 1. The largest absolute Gasteiger partial charge is 0.505 e. The number of benzene rings is 1. The predicted molar refractivity (Wildman–Crippen MR) is 136 cm³/mol. The topological polar surface area (TPSA) is 130 Å². The molecular weight excluding hydrogens is 550 g/mol. The van der Waals surface area contributed by atoms with Crippen LogP contribution in [0, 0.1) is 20.8 Å². The number of pyridine rings is 1. The van der Waals surface area contributed by atoms with Gasteiger partial charge in [-0.05, 0) is 66.0 Å². The first-order valence-corrected chi connectivity index (χ1v) is 12.4. The Morgan fingerprint density at radius 1 is 1.19 bits per heavy atom. The highest BCUT2D eigenvalue weighted by Crippen LogP contribution is 2.46. The van der Waals surface area contributed by atoms with Gasteiger partial charge in [0.05, 0.1) is 28.9 Å².